The van der Waals surface area contributed by atoms with Crippen molar-refractivity contribution >= 4 is 23.3 Å². The fourth-order valence-corrected chi connectivity index (χ4v) is 2.71. The Hall–Kier alpha value is -1.56. The smallest absolute Gasteiger partial charge is 0.326 e. The second-order valence-electron chi connectivity index (χ2n) is 4.46. The molecule has 1 N–H and O–H groups in total. The van der Waals surface area contributed by atoms with Gasteiger partial charge in [0.1, 0.15) is 6.04 Å². The Labute approximate surface area is 117 Å². The number of urea groups is 1. The van der Waals surface area contributed by atoms with Crippen molar-refractivity contribution in [3.63, 3.8) is 0 Å². The van der Waals surface area contributed by atoms with Crippen LogP contribution in [0.3, 0.4) is 0 Å². The summed E-state index contributed by atoms with van der Waals surface area (Å²) in [7, 11) is 3.22. The summed E-state index contributed by atoms with van der Waals surface area (Å²) in [4.78, 5) is 27.3. The van der Waals surface area contributed by atoms with E-state index in [9.17, 15) is 9.59 Å². The second-order valence-corrected chi connectivity index (χ2v) is 5.44. The Kier molecular flexibility index (Phi) is 5.35. The third-order valence-corrected chi connectivity index (χ3v) is 4.32. The number of aliphatic carboxylic acids is 1. The lowest BCUT2D eigenvalue weighted by Gasteiger charge is -2.32. The molecule has 0 spiro atoms. The fraction of sp³-hybridized carbons (Fsp3) is 0.538. The summed E-state index contributed by atoms with van der Waals surface area (Å²) in [6, 6.07) is 2.76. The van der Waals surface area contributed by atoms with E-state index in [1.165, 1.54) is 11.9 Å². The standard InChI is InChI=1S/C13H20N2O3S/c1-5-10(12(16)17)15(4)13(18)14(3)9(2)11-7-6-8-19-11/h6-10H,5H2,1-4H3,(H,16,17). The summed E-state index contributed by atoms with van der Waals surface area (Å²) in [5, 5.41) is 11.0. The third-order valence-electron chi connectivity index (χ3n) is 3.28. The van der Waals surface area contributed by atoms with Crippen LogP contribution in [-0.4, -0.2) is 47.0 Å². The van der Waals surface area contributed by atoms with Crippen molar-refractivity contribution in [3.05, 3.63) is 22.4 Å². The number of nitrogens with zero attached hydrogens (tertiary/aromatic N) is 2. The molecule has 2 amide bonds. The average Bonchev–Trinajstić information content (AvgIpc) is 2.90. The van der Waals surface area contributed by atoms with E-state index in [4.69, 9.17) is 5.11 Å². The van der Waals surface area contributed by atoms with Crippen LogP contribution >= 0.6 is 11.3 Å². The zero-order valence-corrected chi connectivity index (χ0v) is 12.5. The molecule has 0 saturated carbocycles. The van der Waals surface area contributed by atoms with Gasteiger partial charge in [0.25, 0.3) is 0 Å². The monoisotopic (exact) mass is 284 g/mol. The van der Waals surface area contributed by atoms with Crippen molar-refractivity contribution in [1.29, 1.82) is 0 Å². The summed E-state index contributed by atoms with van der Waals surface area (Å²) in [6.07, 6.45) is 0.388. The van der Waals surface area contributed by atoms with Gasteiger partial charge in [-0.3, -0.25) is 0 Å². The molecule has 1 aromatic heterocycles. The van der Waals surface area contributed by atoms with Crippen LogP contribution in [0.1, 0.15) is 31.2 Å². The first-order chi connectivity index (χ1) is 8.90. The Bertz CT molecular complexity index is 433. The fourth-order valence-electron chi connectivity index (χ4n) is 1.88. The predicted octanol–water partition coefficient (Wildman–Crippen LogP) is 2.66. The highest BCUT2D eigenvalue weighted by molar-refractivity contribution is 7.10. The van der Waals surface area contributed by atoms with Gasteiger partial charge in [0.2, 0.25) is 0 Å². The summed E-state index contributed by atoms with van der Waals surface area (Å²) in [5.41, 5.74) is 0. The number of carbonyl (C=O) groups excluding carboxylic acids is 1. The van der Waals surface area contributed by atoms with Crippen LogP contribution in [0.2, 0.25) is 0 Å². The lowest BCUT2D eigenvalue weighted by atomic mass is 10.2. The Balaban J connectivity index is 2.79. The normalized spacial score (nSPS) is 13.7. The van der Waals surface area contributed by atoms with Crippen molar-refractivity contribution in [2.75, 3.05) is 14.1 Å². The minimum absolute atomic E-state index is 0.0683. The van der Waals surface area contributed by atoms with E-state index in [1.807, 2.05) is 24.4 Å². The molecule has 6 heteroatoms. The van der Waals surface area contributed by atoms with Crippen LogP contribution < -0.4 is 0 Å². The maximum absolute atomic E-state index is 12.3. The molecule has 0 radical (unpaired) electrons. The molecule has 106 valence electrons. The minimum Gasteiger partial charge on any atom is -0.480 e. The molecule has 0 fully saturated rings. The van der Waals surface area contributed by atoms with Gasteiger partial charge in [-0.05, 0) is 24.8 Å². The van der Waals surface area contributed by atoms with Gasteiger partial charge in [0.05, 0.1) is 6.04 Å². The maximum atomic E-state index is 12.3. The maximum Gasteiger partial charge on any atom is 0.326 e. The van der Waals surface area contributed by atoms with E-state index in [0.29, 0.717) is 6.42 Å². The number of hydrogen-bond donors (Lipinski definition) is 1. The topological polar surface area (TPSA) is 60.9 Å². The van der Waals surface area contributed by atoms with Gasteiger partial charge in [0.15, 0.2) is 0 Å². The first-order valence-electron chi connectivity index (χ1n) is 6.16. The molecule has 5 nitrogen and oxygen atoms in total. The number of likely N-dealkylation sites (N-methyl/N-ethyl adjacent to an activating group) is 1. The van der Waals surface area contributed by atoms with E-state index >= 15 is 0 Å². The lowest BCUT2D eigenvalue weighted by Crippen LogP contribution is -2.48. The highest BCUT2D eigenvalue weighted by Gasteiger charge is 2.29. The molecule has 0 aromatic carbocycles. The van der Waals surface area contributed by atoms with E-state index in [2.05, 4.69) is 0 Å². The van der Waals surface area contributed by atoms with Gasteiger partial charge < -0.3 is 14.9 Å². The SMILES string of the molecule is CCC(C(=O)O)N(C)C(=O)N(C)C(C)c1cccs1. The first-order valence-corrected chi connectivity index (χ1v) is 7.03. The lowest BCUT2D eigenvalue weighted by molar-refractivity contribution is -0.142. The quantitative estimate of drug-likeness (QED) is 0.904. The summed E-state index contributed by atoms with van der Waals surface area (Å²) in [6.45, 7) is 3.69. The number of carboxylic acid groups (broad SMARTS) is 1. The van der Waals surface area contributed by atoms with Crippen LogP contribution in [0.15, 0.2) is 17.5 Å². The molecule has 1 aromatic rings. The number of carboxylic acids is 1. The van der Waals surface area contributed by atoms with Crippen LogP contribution in [0.25, 0.3) is 0 Å². The van der Waals surface area contributed by atoms with Crippen molar-refractivity contribution in [3.8, 4) is 0 Å². The van der Waals surface area contributed by atoms with Gasteiger partial charge in [-0.2, -0.15) is 0 Å². The first kappa shape index (κ1) is 15.5. The third kappa shape index (κ3) is 3.47. The number of amides is 2. The number of carbonyl (C=O) groups is 2. The van der Waals surface area contributed by atoms with Gasteiger partial charge in [0, 0.05) is 19.0 Å². The van der Waals surface area contributed by atoms with E-state index in [-0.39, 0.29) is 12.1 Å². The number of rotatable bonds is 5. The van der Waals surface area contributed by atoms with Crippen LogP contribution in [0.4, 0.5) is 4.79 Å². The summed E-state index contributed by atoms with van der Waals surface area (Å²) in [5.74, 6) is -0.976. The molecule has 1 rings (SSSR count). The molecule has 1 heterocycles. The van der Waals surface area contributed by atoms with E-state index in [1.54, 1.807) is 30.2 Å². The molecule has 2 atom stereocenters. The molecular weight excluding hydrogens is 264 g/mol. The van der Waals surface area contributed by atoms with Crippen molar-refractivity contribution in [1.82, 2.24) is 9.80 Å². The Morgan fingerprint density at radius 3 is 2.42 bits per heavy atom. The van der Waals surface area contributed by atoms with Crippen LogP contribution in [0, 0.1) is 0 Å². The molecule has 2 unspecified atom stereocenters. The summed E-state index contributed by atoms with van der Waals surface area (Å²) >= 11 is 1.58. The van der Waals surface area contributed by atoms with Crippen molar-refractivity contribution in [2.24, 2.45) is 0 Å². The van der Waals surface area contributed by atoms with Gasteiger partial charge >= 0.3 is 12.0 Å². The zero-order chi connectivity index (χ0) is 14.6. The molecule has 0 aliphatic heterocycles. The zero-order valence-electron chi connectivity index (χ0n) is 11.7. The highest BCUT2D eigenvalue weighted by atomic mass is 32.1. The molecule has 0 saturated heterocycles. The Morgan fingerprint density at radius 2 is 2.00 bits per heavy atom. The molecular formula is C13H20N2O3S. The minimum atomic E-state index is -0.976. The molecule has 19 heavy (non-hydrogen) atoms. The van der Waals surface area contributed by atoms with Gasteiger partial charge in [-0.1, -0.05) is 13.0 Å². The Morgan fingerprint density at radius 1 is 1.37 bits per heavy atom. The number of hydrogen-bond acceptors (Lipinski definition) is 3. The second kappa shape index (κ2) is 6.56. The highest BCUT2D eigenvalue weighted by Crippen LogP contribution is 2.24. The van der Waals surface area contributed by atoms with Crippen LogP contribution in [0.5, 0.6) is 0 Å². The van der Waals surface area contributed by atoms with Gasteiger partial charge in [-0.25, -0.2) is 9.59 Å². The molecule has 0 bridgehead atoms. The van der Waals surface area contributed by atoms with Crippen LogP contribution in [-0.2, 0) is 4.79 Å². The largest absolute Gasteiger partial charge is 0.480 e. The van der Waals surface area contributed by atoms with Crippen molar-refractivity contribution in [2.45, 2.75) is 32.4 Å². The van der Waals surface area contributed by atoms with E-state index in [0.717, 1.165) is 4.88 Å². The molecule has 0 aliphatic rings. The molecule has 0 aliphatic carbocycles. The van der Waals surface area contributed by atoms with E-state index < -0.39 is 12.0 Å². The number of thiophene rings is 1. The van der Waals surface area contributed by atoms with Crippen molar-refractivity contribution < 1.29 is 14.7 Å². The summed E-state index contributed by atoms with van der Waals surface area (Å²) < 4.78 is 0. The van der Waals surface area contributed by atoms with Gasteiger partial charge in [-0.15, -0.1) is 11.3 Å². The average molecular weight is 284 g/mol. The predicted molar refractivity (Wildman–Crippen MR) is 75.4 cm³/mol.